The molecule has 1 heterocycles. The van der Waals surface area contributed by atoms with Gasteiger partial charge in [0.2, 0.25) is 0 Å². The van der Waals surface area contributed by atoms with E-state index in [2.05, 4.69) is 54.3 Å². The number of aliphatic carboxylic acids is 1. The van der Waals surface area contributed by atoms with Crippen LogP contribution in [-0.4, -0.2) is 30.3 Å². The van der Waals surface area contributed by atoms with Gasteiger partial charge >= 0.3 is 5.97 Å². The van der Waals surface area contributed by atoms with Crippen LogP contribution in [0.4, 0.5) is 15.8 Å². The molecule has 4 aromatic rings. The van der Waals surface area contributed by atoms with Crippen LogP contribution >= 0.6 is 12.4 Å². The summed E-state index contributed by atoms with van der Waals surface area (Å²) >= 11 is 0. The second-order valence-electron chi connectivity index (χ2n) is 9.52. The Bertz CT molecular complexity index is 1410. The molecule has 4 aromatic carbocycles. The number of ether oxygens (including phenoxy) is 2. The first kappa shape index (κ1) is 27.3. The molecule has 0 aliphatic carbocycles. The Morgan fingerprint density at radius 1 is 1.08 bits per heavy atom. The predicted molar refractivity (Wildman–Crippen MR) is 151 cm³/mol. The van der Waals surface area contributed by atoms with Crippen LogP contribution in [-0.2, 0) is 4.79 Å². The average molecular weight is 536 g/mol. The highest BCUT2D eigenvalue weighted by Crippen LogP contribution is 2.40. The molecular weight excluding hydrogens is 505 g/mol. The SMILES string of the molecule is C[C@@H](CCCC1CN(c2ccc(F)c(OCC(=O)O)c2)c2ccccc2O1)c1cccc2ccccc12.Cl. The van der Waals surface area contributed by atoms with Gasteiger partial charge in [-0.2, -0.15) is 0 Å². The highest BCUT2D eigenvalue weighted by Gasteiger charge is 2.27. The number of carboxylic acids is 1. The Balaban J connectivity index is 0.00000336. The molecule has 1 aliphatic rings. The van der Waals surface area contributed by atoms with Crippen LogP contribution in [0.1, 0.15) is 37.7 Å². The molecule has 0 saturated heterocycles. The van der Waals surface area contributed by atoms with Crippen LogP contribution in [0, 0.1) is 5.82 Å². The van der Waals surface area contributed by atoms with E-state index in [0.717, 1.165) is 36.4 Å². The Hall–Kier alpha value is -3.77. The van der Waals surface area contributed by atoms with E-state index in [1.807, 2.05) is 24.3 Å². The predicted octanol–water partition coefficient (Wildman–Crippen LogP) is 7.74. The van der Waals surface area contributed by atoms with Crippen LogP contribution in [0.15, 0.2) is 84.9 Å². The molecule has 1 unspecified atom stereocenters. The summed E-state index contributed by atoms with van der Waals surface area (Å²) in [6.07, 6.45) is 2.88. The maximum Gasteiger partial charge on any atom is 0.341 e. The van der Waals surface area contributed by atoms with Gasteiger partial charge in [-0.25, -0.2) is 9.18 Å². The van der Waals surface area contributed by atoms with E-state index in [1.54, 1.807) is 12.1 Å². The highest BCUT2D eigenvalue weighted by molar-refractivity contribution is 5.86. The minimum atomic E-state index is -1.15. The number of rotatable bonds is 9. The number of fused-ring (bicyclic) bond motifs is 2. The fourth-order valence-electron chi connectivity index (χ4n) is 5.09. The lowest BCUT2D eigenvalue weighted by Gasteiger charge is -2.36. The van der Waals surface area contributed by atoms with E-state index in [4.69, 9.17) is 14.6 Å². The average Bonchev–Trinajstić information content (AvgIpc) is 2.91. The van der Waals surface area contributed by atoms with E-state index >= 15 is 0 Å². The smallest absolute Gasteiger partial charge is 0.341 e. The normalized spacial score (nSPS) is 15.2. The van der Waals surface area contributed by atoms with Crippen LogP contribution in [0.3, 0.4) is 0 Å². The van der Waals surface area contributed by atoms with Crippen molar-refractivity contribution in [1.82, 2.24) is 0 Å². The number of para-hydroxylation sites is 2. The molecular formula is C31H31ClFNO4. The summed E-state index contributed by atoms with van der Waals surface area (Å²) in [5, 5.41) is 11.5. The van der Waals surface area contributed by atoms with Gasteiger partial charge in [-0.3, -0.25) is 0 Å². The maximum absolute atomic E-state index is 14.3. The molecule has 198 valence electrons. The van der Waals surface area contributed by atoms with E-state index in [-0.39, 0.29) is 24.3 Å². The van der Waals surface area contributed by atoms with Crippen molar-refractivity contribution < 1.29 is 23.8 Å². The van der Waals surface area contributed by atoms with Crippen molar-refractivity contribution in [2.45, 2.75) is 38.2 Å². The van der Waals surface area contributed by atoms with E-state index in [0.29, 0.717) is 12.5 Å². The van der Waals surface area contributed by atoms with Crippen molar-refractivity contribution in [3.8, 4) is 11.5 Å². The van der Waals surface area contributed by atoms with Gasteiger partial charge in [0.15, 0.2) is 18.2 Å². The third-order valence-corrected chi connectivity index (χ3v) is 6.93. The molecule has 0 fully saturated rings. The van der Waals surface area contributed by atoms with Gasteiger partial charge in [-0.1, -0.05) is 61.5 Å². The molecule has 0 amide bonds. The molecule has 1 N–H and O–H groups in total. The molecule has 0 radical (unpaired) electrons. The minimum Gasteiger partial charge on any atom is -0.486 e. The third-order valence-electron chi connectivity index (χ3n) is 6.93. The Kier molecular flexibility index (Phi) is 8.74. The second-order valence-corrected chi connectivity index (χ2v) is 9.52. The molecule has 0 saturated carbocycles. The summed E-state index contributed by atoms with van der Waals surface area (Å²) in [7, 11) is 0. The first-order valence-electron chi connectivity index (χ1n) is 12.6. The molecule has 5 rings (SSSR count). The number of carbonyl (C=O) groups is 1. The van der Waals surface area contributed by atoms with E-state index < -0.39 is 18.4 Å². The van der Waals surface area contributed by atoms with Gasteiger partial charge in [-0.05, 0) is 65.8 Å². The van der Waals surface area contributed by atoms with Crippen LogP contribution in [0.2, 0.25) is 0 Å². The number of carboxylic acid groups (broad SMARTS) is 1. The quantitative estimate of drug-likeness (QED) is 0.237. The summed E-state index contributed by atoms with van der Waals surface area (Å²) in [4.78, 5) is 13.0. The summed E-state index contributed by atoms with van der Waals surface area (Å²) in [5.74, 6) is -0.628. The number of hydrogen-bond donors (Lipinski definition) is 1. The lowest BCUT2D eigenvalue weighted by atomic mass is 9.90. The van der Waals surface area contributed by atoms with Crippen LogP contribution in [0.25, 0.3) is 10.8 Å². The van der Waals surface area contributed by atoms with Gasteiger partial charge in [0.05, 0.1) is 12.2 Å². The highest BCUT2D eigenvalue weighted by atomic mass is 35.5. The fourth-order valence-corrected chi connectivity index (χ4v) is 5.09. The van der Waals surface area contributed by atoms with Crippen molar-refractivity contribution in [1.29, 1.82) is 0 Å². The lowest BCUT2D eigenvalue weighted by Crippen LogP contribution is -2.37. The molecule has 0 bridgehead atoms. The number of nitrogens with zero attached hydrogens (tertiary/aromatic N) is 1. The fraction of sp³-hybridized carbons (Fsp3) is 0.258. The molecule has 7 heteroatoms. The number of benzene rings is 4. The second kappa shape index (κ2) is 12.2. The third kappa shape index (κ3) is 6.03. The van der Waals surface area contributed by atoms with Crippen molar-refractivity contribution in [2.75, 3.05) is 18.1 Å². The Labute approximate surface area is 228 Å². The standard InChI is InChI=1S/C31H30FNO4.ClH/c1-21(25-13-7-10-22-9-2-3-12-26(22)25)8-6-11-24-19-33(28-14-4-5-15-29(28)37-24)23-16-17-27(32)30(18-23)36-20-31(34)35;/h2-5,7,9-10,12-18,21,24H,6,8,11,19-20H2,1H3,(H,34,35);1H/t21-,24?;/m0./s1. The molecule has 5 nitrogen and oxygen atoms in total. The number of hydrogen-bond acceptors (Lipinski definition) is 4. The first-order chi connectivity index (χ1) is 18.0. The van der Waals surface area contributed by atoms with Gasteiger partial charge in [0.1, 0.15) is 11.9 Å². The van der Waals surface area contributed by atoms with Gasteiger partial charge in [0, 0.05) is 11.8 Å². The van der Waals surface area contributed by atoms with Crippen molar-refractivity contribution in [2.24, 2.45) is 0 Å². The summed E-state index contributed by atoms with van der Waals surface area (Å²) in [5.41, 5.74) is 2.99. The summed E-state index contributed by atoms with van der Waals surface area (Å²) in [6.45, 7) is 2.28. The number of anilines is 2. The zero-order valence-electron chi connectivity index (χ0n) is 21.2. The molecule has 38 heavy (non-hydrogen) atoms. The minimum absolute atomic E-state index is 0. The Morgan fingerprint density at radius 2 is 1.84 bits per heavy atom. The van der Waals surface area contributed by atoms with Gasteiger partial charge < -0.3 is 19.5 Å². The zero-order valence-corrected chi connectivity index (χ0v) is 22.0. The van der Waals surface area contributed by atoms with Crippen molar-refractivity contribution in [3.63, 3.8) is 0 Å². The molecule has 2 atom stereocenters. The van der Waals surface area contributed by atoms with Crippen LogP contribution < -0.4 is 14.4 Å². The molecule has 0 aromatic heterocycles. The van der Waals surface area contributed by atoms with Crippen LogP contribution in [0.5, 0.6) is 11.5 Å². The maximum atomic E-state index is 14.3. The van der Waals surface area contributed by atoms with Gasteiger partial charge in [0.25, 0.3) is 0 Å². The summed E-state index contributed by atoms with van der Waals surface area (Å²) in [6, 6.07) is 27.4. The largest absolute Gasteiger partial charge is 0.486 e. The molecule has 1 aliphatic heterocycles. The van der Waals surface area contributed by atoms with Crippen molar-refractivity contribution >= 4 is 40.5 Å². The topological polar surface area (TPSA) is 59.0 Å². The van der Waals surface area contributed by atoms with Crippen molar-refractivity contribution in [3.05, 3.63) is 96.3 Å². The zero-order chi connectivity index (χ0) is 25.8. The Morgan fingerprint density at radius 3 is 2.68 bits per heavy atom. The lowest BCUT2D eigenvalue weighted by molar-refractivity contribution is -0.139. The summed E-state index contributed by atoms with van der Waals surface area (Å²) < 4.78 is 25.8. The molecule has 0 spiro atoms. The van der Waals surface area contributed by atoms with E-state index in [9.17, 15) is 9.18 Å². The van der Waals surface area contributed by atoms with Gasteiger partial charge in [-0.15, -0.1) is 12.4 Å². The number of halogens is 2. The first-order valence-corrected chi connectivity index (χ1v) is 12.6. The monoisotopic (exact) mass is 535 g/mol. The van der Waals surface area contributed by atoms with E-state index in [1.165, 1.54) is 22.4 Å².